The maximum Gasteiger partial charge on any atom is 0.248 e. The largest absolute Gasteiger partial charge is 0.366 e. The summed E-state index contributed by atoms with van der Waals surface area (Å²) in [5, 5.41) is 3.43. The normalized spacial score (nSPS) is 16.6. The number of primary amides is 1. The third kappa shape index (κ3) is 5.81. The lowest BCUT2D eigenvalue weighted by molar-refractivity contribution is 0.100. The van der Waals surface area contributed by atoms with Crippen molar-refractivity contribution in [2.24, 2.45) is 11.7 Å². The Morgan fingerprint density at radius 2 is 1.96 bits per heavy atom. The van der Waals surface area contributed by atoms with E-state index in [-0.39, 0.29) is 18.3 Å². The molecule has 5 nitrogen and oxygen atoms in total. The highest BCUT2D eigenvalue weighted by molar-refractivity contribution is 5.92. The SMILES string of the molecule is Cl.NC(=O)c1ccc(CN(Cc2cccnc2)CC2CCNC2)cc1. The molecule has 3 N–H and O–H groups in total. The Balaban J connectivity index is 0.00000225. The van der Waals surface area contributed by atoms with Gasteiger partial charge in [0.25, 0.3) is 0 Å². The minimum Gasteiger partial charge on any atom is -0.366 e. The number of amides is 1. The summed E-state index contributed by atoms with van der Waals surface area (Å²) in [5.41, 5.74) is 8.28. The first kappa shape index (κ1) is 19.4. The van der Waals surface area contributed by atoms with Gasteiger partial charge in [-0.25, -0.2) is 0 Å². The number of carbonyl (C=O) groups excluding carboxylic acids is 1. The molecule has 1 aliphatic rings. The van der Waals surface area contributed by atoms with Crippen molar-refractivity contribution in [1.29, 1.82) is 0 Å². The fourth-order valence-electron chi connectivity index (χ4n) is 3.20. The van der Waals surface area contributed by atoms with Crippen LogP contribution in [0.15, 0.2) is 48.8 Å². The van der Waals surface area contributed by atoms with Crippen LogP contribution < -0.4 is 11.1 Å². The number of pyridine rings is 1. The Hall–Kier alpha value is -1.95. The fraction of sp³-hybridized carbons (Fsp3) is 0.368. The second kappa shape index (κ2) is 9.51. The Morgan fingerprint density at radius 3 is 2.56 bits per heavy atom. The van der Waals surface area contributed by atoms with Gasteiger partial charge in [-0.15, -0.1) is 12.4 Å². The topological polar surface area (TPSA) is 71.2 Å². The first-order valence-corrected chi connectivity index (χ1v) is 8.41. The molecule has 2 heterocycles. The van der Waals surface area contributed by atoms with Crippen molar-refractivity contribution in [3.63, 3.8) is 0 Å². The van der Waals surface area contributed by atoms with Gasteiger partial charge in [0, 0.05) is 37.6 Å². The molecule has 1 saturated heterocycles. The summed E-state index contributed by atoms with van der Waals surface area (Å²) < 4.78 is 0. The molecule has 0 spiro atoms. The number of aromatic nitrogens is 1. The Labute approximate surface area is 155 Å². The monoisotopic (exact) mass is 360 g/mol. The number of nitrogens with one attached hydrogen (secondary N) is 1. The van der Waals surface area contributed by atoms with Crippen molar-refractivity contribution in [2.75, 3.05) is 19.6 Å². The van der Waals surface area contributed by atoms with Crippen LogP contribution in [-0.4, -0.2) is 35.4 Å². The summed E-state index contributed by atoms with van der Waals surface area (Å²) in [5.74, 6) is 0.303. The molecule has 0 saturated carbocycles. The summed E-state index contributed by atoms with van der Waals surface area (Å²) in [6.07, 6.45) is 4.96. The molecule has 1 amide bonds. The zero-order chi connectivity index (χ0) is 16.8. The molecule has 0 aliphatic carbocycles. The van der Waals surface area contributed by atoms with E-state index >= 15 is 0 Å². The average Bonchev–Trinajstić information content (AvgIpc) is 3.09. The summed E-state index contributed by atoms with van der Waals surface area (Å²) in [7, 11) is 0. The highest BCUT2D eigenvalue weighted by Crippen LogP contribution is 2.16. The molecule has 1 atom stereocenters. The van der Waals surface area contributed by atoms with Gasteiger partial charge in [0.05, 0.1) is 0 Å². The summed E-state index contributed by atoms with van der Waals surface area (Å²) in [4.78, 5) is 17.9. The first-order chi connectivity index (χ1) is 11.7. The third-order valence-electron chi connectivity index (χ3n) is 4.45. The van der Waals surface area contributed by atoms with Gasteiger partial charge in [-0.05, 0) is 54.8 Å². The van der Waals surface area contributed by atoms with Gasteiger partial charge in [-0.3, -0.25) is 14.7 Å². The van der Waals surface area contributed by atoms with E-state index in [2.05, 4.69) is 21.3 Å². The van der Waals surface area contributed by atoms with Crippen molar-refractivity contribution in [3.05, 3.63) is 65.5 Å². The standard InChI is InChI=1S/C19H24N4O.ClH/c20-19(24)18-5-3-15(4-6-18)12-23(14-17-7-9-22-11-17)13-16-2-1-8-21-10-16;/h1-6,8,10,17,22H,7,9,11-14H2,(H2,20,24);1H. The first-order valence-electron chi connectivity index (χ1n) is 8.41. The highest BCUT2D eigenvalue weighted by atomic mass is 35.5. The zero-order valence-corrected chi connectivity index (χ0v) is 15.0. The van der Waals surface area contributed by atoms with Crippen LogP contribution in [0, 0.1) is 5.92 Å². The van der Waals surface area contributed by atoms with Crippen LogP contribution in [0.4, 0.5) is 0 Å². The van der Waals surface area contributed by atoms with Gasteiger partial charge >= 0.3 is 0 Å². The molecule has 3 rings (SSSR count). The van der Waals surface area contributed by atoms with Crippen LogP contribution in [0.1, 0.15) is 27.9 Å². The molecule has 1 unspecified atom stereocenters. The molecule has 25 heavy (non-hydrogen) atoms. The van der Waals surface area contributed by atoms with E-state index in [0.29, 0.717) is 11.5 Å². The molecule has 1 aromatic carbocycles. The molecule has 1 fully saturated rings. The highest BCUT2D eigenvalue weighted by Gasteiger charge is 2.18. The lowest BCUT2D eigenvalue weighted by Gasteiger charge is -2.25. The maximum absolute atomic E-state index is 11.2. The quantitative estimate of drug-likeness (QED) is 0.794. The number of rotatable bonds is 7. The van der Waals surface area contributed by atoms with E-state index in [1.165, 1.54) is 17.5 Å². The van der Waals surface area contributed by atoms with E-state index in [1.54, 1.807) is 18.3 Å². The van der Waals surface area contributed by atoms with Crippen molar-refractivity contribution >= 4 is 18.3 Å². The van der Waals surface area contributed by atoms with Gasteiger partial charge < -0.3 is 11.1 Å². The third-order valence-corrected chi connectivity index (χ3v) is 4.45. The summed E-state index contributed by atoms with van der Waals surface area (Å²) in [6.45, 7) is 4.98. The van der Waals surface area contributed by atoms with Crippen molar-refractivity contribution in [2.45, 2.75) is 19.5 Å². The summed E-state index contributed by atoms with van der Waals surface area (Å²) in [6, 6.07) is 11.7. The zero-order valence-electron chi connectivity index (χ0n) is 14.2. The van der Waals surface area contributed by atoms with Gasteiger partial charge in [-0.1, -0.05) is 18.2 Å². The minimum absolute atomic E-state index is 0. The van der Waals surface area contributed by atoms with Gasteiger partial charge in [0.1, 0.15) is 0 Å². The Morgan fingerprint density at radius 1 is 1.20 bits per heavy atom. The van der Waals surface area contributed by atoms with Gasteiger partial charge in [0.15, 0.2) is 0 Å². The Kier molecular flexibility index (Phi) is 7.37. The van der Waals surface area contributed by atoms with Crippen molar-refractivity contribution < 1.29 is 4.79 Å². The van der Waals surface area contributed by atoms with E-state index in [1.807, 2.05) is 24.4 Å². The predicted octanol–water partition coefficient (Wildman–Crippen LogP) is 2.21. The number of hydrogen-bond donors (Lipinski definition) is 2. The molecule has 134 valence electrons. The Bertz CT molecular complexity index is 657. The van der Waals surface area contributed by atoms with Crippen LogP contribution in [0.5, 0.6) is 0 Å². The van der Waals surface area contributed by atoms with Gasteiger partial charge in [-0.2, -0.15) is 0 Å². The average molecular weight is 361 g/mol. The second-order valence-corrected chi connectivity index (χ2v) is 6.45. The number of carbonyl (C=O) groups is 1. The lowest BCUT2D eigenvalue weighted by Crippen LogP contribution is -2.30. The molecule has 1 aromatic heterocycles. The number of nitrogens with zero attached hydrogens (tertiary/aromatic N) is 2. The van der Waals surface area contributed by atoms with E-state index in [9.17, 15) is 4.79 Å². The number of nitrogens with two attached hydrogens (primary N) is 1. The molecular formula is C19H25ClN4O. The lowest BCUT2D eigenvalue weighted by atomic mass is 10.1. The fourth-order valence-corrected chi connectivity index (χ4v) is 3.20. The van der Waals surface area contributed by atoms with E-state index in [4.69, 9.17) is 5.73 Å². The van der Waals surface area contributed by atoms with Crippen LogP contribution in [0.25, 0.3) is 0 Å². The number of benzene rings is 1. The van der Waals surface area contributed by atoms with Crippen LogP contribution in [0.3, 0.4) is 0 Å². The molecular weight excluding hydrogens is 336 g/mol. The van der Waals surface area contributed by atoms with Crippen LogP contribution >= 0.6 is 12.4 Å². The molecule has 1 aliphatic heterocycles. The second-order valence-electron chi connectivity index (χ2n) is 6.45. The molecule has 0 radical (unpaired) electrons. The maximum atomic E-state index is 11.2. The van der Waals surface area contributed by atoms with E-state index in [0.717, 1.165) is 32.7 Å². The molecule has 0 bridgehead atoms. The predicted molar refractivity (Wildman–Crippen MR) is 102 cm³/mol. The summed E-state index contributed by atoms with van der Waals surface area (Å²) >= 11 is 0. The van der Waals surface area contributed by atoms with Crippen LogP contribution in [-0.2, 0) is 13.1 Å². The van der Waals surface area contributed by atoms with Crippen molar-refractivity contribution in [3.8, 4) is 0 Å². The van der Waals surface area contributed by atoms with Crippen molar-refractivity contribution in [1.82, 2.24) is 15.2 Å². The molecule has 2 aromatic rings. The van der Waals surface area contributed by atoms with Gasteiger partial charge in [0.2, 0.25) is 5.91 Å². The van der Waals surface area contributed by atoms with E-state index < -0.39 is 0 Å². The number of halogens is 1. The minimum atomic E-state index is -0.384. The van der Waals surface area contributed by atoms with Crippen LogP contribution in [0.2, 0.25) is 0 Å². The number of hydrogen-bond acceptors (Lipinski definition) is 4. The smallest absolute Gasteiger partial charge is 0.248 e. The molecule has 6 heteroatoms.